The molecule has 7 nitrogen and oxygen atoms in total. The molecule has 0 radical (unpaired) electrons. The molecule has 1 fully saturated rings. The quantitative estimate of drug-likeness (QED) is 0.474. The van der Waals surface area contributed by atoms with Gasteiger partial charge in [0.2, 0.25) is 0 Å². The number of anilines is 2. The summed E-state index contributed by atoms with van der Waals surface area (Å²) in [6.07, 6.45) is 4.65. The Balaban J connectivity index is 1.38. The number of urea groups is 1. The highest BCUT2D eigenvalue weighted by molar-refractivity contribution is 7.84. The number of nitrogens with zero attached hydrogens (tertiary/aromatic N) is 2. The predicted molar refractivity (Wildman–Crippen MR) is 131 cm³/mol. The summed E-state index contributed by atoms with van der Waals surface area (Å²) in [7, 11) is -1.26. The van der Waals surface area contributed by atoms with E-state index in [1.54, 1.807) is 24.5 Å². The van der Waals surface area contributed by atoms with Gasteiger partial charge in [0.05, 0.1) is 27.5 Å². The normalized spacial score (nSPS) is 16.5. The van der Waals surface area contributed by atoms with Crippen molar-refractivity contribution in [1.29, 1.82) is 0 Å². The van der Waals surface area contributed by atoms with E-state index in [2.05, 4.69) is 45.4 Å². The van der Waals surface area contributed by atoms with Crippen molar-refractivity contribution in [2.45, 2.75) is 36.7 Å². The largest absolute Gasteiger partial charge is 0.388 e. The van der Waals surface area contributed by atoms with Gasteiger partial charge in [-0.05, 0) is 49.2 Å². The number of unbranched alkanes of at least 4 members (excludes halogenated alkanes) is 2. The number of piperazine rings is 1. The van der Waals surface area contributed by atoms with E-state index in [-0.39, 0.29) is 0 Å². The smallest absolute Gasteiger partial charge is 0.316 e. The first kappa shape index (κ1) is 24.2. The molecule has 1 aliphatic rings. The maximum absolute atomic E-state index is 11.8. The molecule has 2 unspecified atom stereocenters. The van der Waals surface area contributed by atoms with E-state index in [1.807, 2.05) is 0 Å². The zero-order chi connectivity index (χ0) is 22.9. The van der Waals surface area contributed by atoms with Crippen LogP contribution in [0.2, 0.25) is 0 Å². The third kappa shape index (κ3) is 7.05. The van der Waals surface area contributed by atoms with Crippen molar-refractivity contribution in [3.05, 3.63) is 54.1 Å². The Labute approximate surface area is 193 Å². The third-order valence-corrected chi connectivity index (χ3v) is 6.88. The van der Waals surface area contributed by atoms with Crippen molar-refractivity contribution in [2.75, 3.05) is 49.2 Å². The number of benzene rings is 2. The van der Waals surface area contributed by atoms with Gasteiger partial charge in [-0.3, -0.25) is 9.11 Å². The van der Waals surface area contributed by atoms with E-state index in [4.69, 9.17) is 5.73 Å². The monoisotopic (exact) mass is 458 g/mol. The predicted octanol–water partition coefficient (Wildman–Crippen LogP) is 3.33. The van der Waals surface area contributed by atoms with Crippen LogP contribution < -0.4 is 16.0 Å². The number of hydrogen-bond acceptors (Lipinski definition) is 5. The molecule has 1 heterocycles. The van der Waals surface area contributed by atoms with Crippen molar-refractivity contribution in [3.63, 3.8) is 0 Å². The Morgan fingerprint density at radius 1 is 1.09 bits per heavy atom. The lowest BCUT2D eigenvalue weighted by molar-refractivity contribution is 0.162. The van der Waals surface area contributed by atoms with Gasteiger partial charge in [0.1, 0.15) is 0 Å². The second-order valence-electron chi connectivity index (χ2n) is 8.23. The average Bonchev–Trinajstić information content (AvgIpc) is 2.79. The van der Waals surface area contributed by atoms with Gasteiger partial charge in [-0.1, -0.05) is 37.1 Å². The Morgan fingerprint density at radius 3 is 2.47 bits per heavy atom. The van der Waals surface area contributed by atoms with E-state index in [9.17, 15) is 14.1 Å². The number of amides is 2. The molecule has 2 atom stereocenters. The fourth-order valence-corrected chi connectivity index (χ4v) is 4.80. The summed E-state index contributed by atoms with van der Waals surface area (Å²) in [5, 5.41) is 13.1. The van der Waals surface area contributed by atoms with Crippen molar-refractivity contribution < 1.29 is 14.1 Å². The Kier molecular flexibility index (Phi) is 9.08. The molecule has 0 aliphatic carbocycles. The van der Waals surface area contributed by atoms with Gasteiger partial charge >= 0.3 is 6.03 Å². The molecule has 0 bridgehead atoms. The van der Waals surface area contributed by atoms with Gasteiger partial charge in [0.25, 0.3) is 0 Å². The molecular formula is C24H34N4O3S. The molecule has 3 rings (SSSR count). The molecule has 2 aromatic rings. The minimum Gasteiger partial charge on any atom is -0.388 e. The third-order valence-electron chi connectivity index (χ3n) is 5.90. The van der Waals surface area contributed by atoms with E-state index in [0.717, 1.165) is 52.0 Å². The van der Waals surface area contributed by atoms with Crippen LogP contribution in [-0.2, 0) is 10.8 Å². The van der Waals surface area contributed by atoms with Crippen LogP contribution in [-0.4, -0.2) is 59.2 Å². The summed E-state index contributed by atoms with van der Waals surface area (Å²) in [6, 6.07) is 15.0. The summed E-state index contributed by atoms with van der Waals surface area (Å²) in [5.41, 5.74) is 7.60. The van der Waals surface area contributed by atoms with Crippen molar-refractivity contribution >= 4 is 28.2 Å². The van der Waals surface area contributed by atoms with Crippen LogP contribution in [0.5, 0.6) is 0 Å². The molecule has 174 valence electrons. The van der Waals surface area contributed by atoms with Gasteiger partial charge in [0, 0.05) is 38.1 Å². The molecule has 4 N–H and O–H groups in total. The zero-order valence-corrected chi connectivity index (χ0v) is 19.5. The van der Waals surface area contributed by atoms with Gasteiger partial charge in [-0.2, -0.15) is 0 Å². The van der Waals surface area contributed by atoms with E-state index >= 15 is 0 Å². The number of nitrogens with two attached hydrogens (primary N) is 1. The van der Waals surface area contributed by atoms with Crippen LogP contribution in [0.3, 0.4) is 0 Å². The molecule has 2 amide bonds. The second-order valence-corrected chi connectivity index (χ2v) is 9.58. The van der Waals surface area contributed by atoms with Crippen molar-refractivity contribution in [3.8, 4) is 0 Å². The first-order valence-electron chi connectivity index (χ1n) is 11.2. The lowest BCUT2D eigenvalue weighted by atomic mass is 10.0. The minimum atomic E-state index is -1.26. The highest BCUT2D eigenvalue weighted by Crippen LogP contribution is 2.27. The molecule has 1 aliphatic heterocycles. The average molecular weight is 459 g/mol. The van der Waals surface area contributed by atoms with Gasteiger partial charge < -0.3 is 21.1 Å². The number of hydrogen-bond donors (Lipinski definition) is 3. The first-order chi connectivity index (χ1) is 15.4. The van der Waals surface area contributed by atoms with Crippen LogP contribution in [0.15, 0.2) is 53.4 Å². The summed E-state index contributed by atoms with van der Waals surface area (Å²) in [5.74, 6) is 0. The SMILES string of the molecule is CS(=O)c1ccc(C(O)CCCCCN2CCN(c3ccccc3)CC2)cc1NC(N)=O. The Morgan fingerprint density at radius 2 is 1.81 bits per heavy atom. The fourth-order valence-electron chi connectivity index (χ4n) is 4.12. The van der Waals surface area contributed by atoms with E-state index in [0.29, 0.717) is 22.6 Å². The lowest BCUT2D eigenvalue weighted by Crippen LogP contribution is -2.46. The minimum absolute atomic E-state index is 0.393. The summed E-state index contributed by atoms with van der Waals surface area (Å²) in [6.45, 7) is 5.37. The standard InChI is InChI=1S/C24H34N4O3S/c1-32(31)23-12-11-19(18-21(23)26-24(25)30)22(29)10-6-3-7-13-27-14-16-28(17-15-27)20-8-4-2-5-9-20/h2,4-5,8-9,11-12,18,22,29H,3,6-7,10,13-17H2,1H3,(H3,25,26,30). The van der Waals surface area contributed by atoms with Crippen LogP contribution in [0.1, 0.15) is 37.4 Å². The number of carbonyl (C=O) groups is 1. The van der Waals surface area contributed by atoms with Crippen molar-refractivity contribution in [2.24, 2.45) is 5.73 Å². The summed E-state index contributed by atoms with van der Waals surface area (Å²) < 4.78 is 11.8. The highest BCUT2D eigenvalue weighted by Gasteiger charge is 2.17. The van der Waals surface area contributed by atoms with Crippen molar-refractivity contribution in [1.82, 2.24) is 4.90 Å². The number of para-hydroxylation sites is 1. The Hall–Kier alpha value is -2.42. The number of aliphatic hydroxyl groups excluding tert-OH is 1. The maximum Gasteiger partial charge on any atom is 0.316 e. The topological polar surface area (TPSA) is 98.9 Å². The molecule has 2 aromatic carbocycles. The van der Waals surface area contributed by atoms with E-state index in [1.165, 1.54) is 5.69 Å². The van der Waals surface area contributed by atoms with E-state index < -0.39 is 22.9 Å². The lowest BCUT2D eigenvalue weighted by Gasteiger charge is -2.36. The molecule has 0 spiro atoms. The molecule has 1 saturated heterocycles. The number of carbonyl (C=O) groups excluding carboxylic acids is 1. The Bertz CT molecular complexity index is 901. The maximum atomic E-state index is 11.8. The molecule has 8 heteroatoms. The molecule has 0 saturated carbocycles. The number of aliphatic hydroxyl groups is 1. The van der Waals surface area contributed by atoms with Crippen LogP contribution in [0, 0.1) is 0 Å². The summed E-state index contributed by atoms with van der Waals surface area (Å²) >= 11 is 0. The first-order valence-corrected chi connectivity index (χ1v) is 12.7. The van der Waals surface area contributed by atoms with Gasteiger partial charge in [-0.15, -0.1) is 0 Å². The number of nitrogens with one attached hydrogen (secondary N) is 1. The van der Waals surface area contributed by atoms with Crippen LogP contribution in [0.4, 0.5) is 16.2 Å². The van der Waals surface area contributed by atoms with Gasteiger partial charge in [-0.25, -0.2) is 4.79 Å². The summed E-state index contributed by atoms with van der Waals surface area (Å²) in [4.78, 5) is 16.7. The second kappa shape index (κ2) is 12.0. The van der Waals surface area contributed by atoms with Crippen LogP contribution >= 0.6 is 0 Å². The number of primary amides is 1. The molecular weight excluding hydrogens is 424 g/mol. The fraction of sp³-hybridized carbons (Fsp3) is 0.458. The highest BCUT2D eigenvalue weighted by atomic mass is 32.2. The molecule has 0 aromatic heterocycles. The van der Waals surface area contributed by atoms with Gasteiger partial charge in [0.15, 0.2) is 0 Å². The van der Waals surface area contributed by atoms with Crippen LogP contribution in [0.25, 0.3) is 0 Å². The number of rotatable bonds is 10. The molecule has 32 heavy (non-hydrogen) atoms. The zero-order valence-electron chi connectivity index (χ0n) is 18.7.